The summed E-state index contributed by atoms with van der Waals surface area (Å²) >= 11 is 5.87. The molecule has 2 aliphatic heterocycles. The second kappa shape index (κ2) is 30.4. The van der Waals surface area contributed by atoms with Crippen molar-refractivity contribution in [2.24, 2.45) is 23.7 Å². The van der Waals surface area contributed by atoms with Crippen molar-refractivity contribution in [3.63, 3.8) is 0 Å². The van der Waals surface area contributed by atoms with E-state index in [0.29, 0.717) is 30.8 Å². The minimum atomic E-state index is -1.27. The van der Waals surface area contributed by atoms with Crippen molar-refractivity contribution in [3.8, 4) is 0 Å². The topological polar surface area (TPSA) is 209 Å². The number of methoxy groups -OCH3 is 3. The summed E-state index contributed by atoms with van der Waals surface area (Å²) in [6.07, 6.45) is 3.68. The van der Waals surface area contributed by atoms with Gasteiger partial charge in [0.15, 0.2) is 5.78 Å². The quantitative estimate of drug-likeness (QED) is 0.0440. The van der Waals surface area contributed by atoms with E-state index in [4.69, 9.17) is 40.6 Å². The highest BCUT2D eigenvalue weighted by Gasteiger charge is 2.43. The Labute approximate surface area is 426 Å². The number of likely N-dealkylation sites (tertiary alicyclic amines) is 1. The van der Waals surface area contributed by atoms with Crippen molar-refractivity contribution in [2.45, 2.75) is 129 Å². The van der Waals surface area contributed by atoms with Crippen LogP contribution in [0.3, 0.4) is 0 Å². The molecule has 3 rings (SSSR count). The molecule has 398 valence electrons. The summed E-state index contributed by atoms with van der Waals surface area (Å²) in [5, 5.41) is 6.03. The number of likely N-dealkylation sites (N-methyl/N-ethyl adjacent to an activating group) is 1. The number of carbonyl (C=O) groups is 7. The molecule has 71 heavy (non-hydrogen) atoms. The molecule has 0 unspecified atom stereocenters. The average Bonchev–Trinajstić information content (AvgIpc) is 3.96. The number of hydrogen-bond donors (Lipinski definition) is 2. The molecule has 8 atom stereocenters. The predicted molar refractivity (Wildman–Crippen MR) is 271 cm³/mol. The number of imide groups is 1. The van der Waals surface area contributed by atoms with Crippen LogP contribution in [0.4, 0.5) is 0 Å². The number of nitrogens with zero attached hydrogens (tertiary/aromatic N) is 3. The fraction of sp³-hybridized carbons (Fsp3) is 0.692. The Bertz CT molecular complexity index is 1930. The van der Waals surface area contributed by atoms with Gasteiger partial charge < -0.3 is 48.9 Å². The number of amides is 5. The van der Waals surface area contributed by atoms with Crippen LogP contribution in [-0.4, -0.2) is 178 Å². The molecule has 2 aliphatic rings. The molecule has 0 radical (unpaired) electrons. The molecule has 0 bridgehead atoms. The number of rotatable bonds is 33. The Morgan fingerprint density at radius 3 is 2.03 bits per heavy atom. The summed E-state index contributed by atoms with van der Waals surface area (Å²) in [5.74, 6) is -3.63. The van der Waals surface area contributed by atoms with E-state index in [1.807, 2.05) is 69.9 Å². The monoisotopic (exact) mass is 1020 g/mol. The van der Waals surface area contributed by atoms with E-state index in [9.17, 15) is 33.6 Å². The van der Waals surface area contributed by atoms with Crippen LogP contribution < -0.4 is 10.6 Å². The van der Waals surface area contributed by atoms with Crippen LogP contribution in [0.1, 0.15) is 92.6 Å². The van der Waals surface area contributed by atoms with Gasteiger partial charge in [0.05, 0.1) is 94.5 Å². The minimum Gasteiger partial charge on any atom is -0.467 e. The highest BCUT2D eigenvalue weighted by atomic mass is 32.1. The fourth-order valence-corrected chi connectivity index (χ4v) is 9.39. The van der Waals surface area contributed by atoms with Gasteiger partial charge in [-0.05, 0) is 44.1 Å². The van der Waals surface area contributed by atoms with E-state index < -0.39 is 41.7 Å². The molecule has 18 nitrogen and oxygen atoms in total. The second-order valence-electron chi connectivity index (χ2n) is 19.3. The van der Waals surface area contributed by atoms with Crippen LogP contribution >= 0.6 is 12.2 Å². The van der Waals surface area contributed by atoms with E-state index in [0.717, 1.165) is 16.9 Å². The van der Waals surface area contributed by atoms with Crippen LogP contribution in [0.5, 0.6) is 0 Å². The normalized spacial score (nSPS) is 17.9. The van der Waals surface area contributed by atoms with Crippen molar-refractivity contribution < 1.29 is 62.0 Å². The first-order valence-corrected chi connectivity index (χ1v) is 25.3. The van der Waals surface area contributed by atoms with Crippen molar-refractivity contribution in [2.75, 3.05) is 81.1 Å². The standard InChI is InChI=1S/C52H81N5O13S/c1-12-35(4)47(41(65-9)33-46(62)56-23-16-19-40(56)48(66-10)36(5)49(71)53-39(51(64)67-11)31-37-17-14-13-15-18-37)55(8)50(63)38(34(2)3)32-42(58)52(6,7)54-43(59)22-25-68-27-29-70-30-28-69-26-24-57-44(60)20-21-45(57)61/h13-15,17-18,20-21,34-36,38-41,47-48H,12,16,19,22-33H2,1-11H3,(H,53,71)(H,54,59)/t35-,36+,38-,39-,40-,41+,47-,48+/m0/s1. The SMILES string of the molecule is CC[C@H](C)[C@@H]([C@@H](CC(=O)N1CCC[C@H]1[C@H](OC)[C@@H](C)C(=S)N[C@@H](Cc1ccccc1)C(=O)OC)OC)N(C)C(=O)[C@@H](CC(=O)C(C)(C)NC(=O)CCOCCOCCOCCN1C(=O)C=CC1=O)C(C)C. The van der Waals surface area contributed by atoms with Gasteiger partial charge in [0.25, 0.3) is 11.8 Å². The molecular weight excluding hydrogens is 935 g/mol. The summed E-state index contributed by atoms with van der Waals surface area (Å²) in [5.41, 5.74) is -0.328. The number of esters is 1. The van der Waals surface area contributed by atoms with E-state index in [1.165, 1.54) is 19.3 Å². The van der Waals surface area contributed by atoms with E-state index in [2.05, 4.69) is 10.6 Å². The van der Waals surface area contributed by atoms with Crippen LogP contribution in [0.25, 0.3) is 0 Å². The molecule has 1 aromatic rings. The van der Waals surface area contributed by atoms with Gasteiger partial charge in [-0.25, -0.2) is 4.79 Å². The third-order valence-electron chi connectivity index (χ3n) is 13.6. The first-order chi connectivity index (χ1) is 33.7. The maximum absolute atomic E-state index is 14.6. The first kappa shape index (κ1) is 60.6. The molecule has 0 aliphatic carbocycles. The summed E-state index contributed by atoms with van der Waals surface area (Å²) in [4.78, 5) is 96.8. The largest absolute Gasteiger partial charge is 0.467 e. The highest BCUT2D eigenvalue weighted by molar-refractivity contribution is 7.80. The number of ether oxygens (including phenoxy) is 6. The molecular formula is C52H81N5O13S. The average molecular weight is 1020 g/mol. The number of benzene rings is 1. The zero-order valence-corrected chi connectivity index (χ0v) is 44.7. The van der Waals surface area contributed by atoms with E-state index in [-0.39, 0.29) is 125 Å². The Hall–Kier alpha value is -4.66. The number of thiocarbonyl (C=S) groups is 1. The summed E-state index contributed by atoms with van der Waals surface area (Å²) < 4.78 is 33.7. The molecule has 5 amide bonds. The molecule has 0 saturated carbocycles. The van der Waals surface area contributed by atoms with Gasteiger partial charge in [0.1, 0.15) is 6.04 Å². The van der Waals surface area contributed by atoms with Crippen LogP contribution in [-0.2, 0) is 68.4 Å². The van der Waals surface area contributed by atoms with Crippen LogP contribution in [0.15, 0.2) is 42.5 Å². The maximum Gasteiger partial charge on any atom is 0.328 e. The van der Waals surface area contributed by atoms with Gasteiger partial charge in [-0.15, -0.1) is 0 Å². The molecule has 1 aromatic carbocycles. The smallest absolute Gasteiger partial charge is 0.328 e. The molecule has 2 N–H and O–H groups in total. The van der Waals surface area contributed by atoms with Gasteiger partial charge in [0.2, 0.25) is 17.7 Å². The Morgan fingerprint density at radius 1 is 0.859 bits per heavy atom. The number of hydrogen-bond acceptors (Lipinski definition) is 14. The molecule has 1 saturated heterocycles. The minimum absolute atomic E-state index is 0.00221. The lowest BCUT2D eigenvalue weighted by Crippen LogP contribution is -2.55. The van der Waals surface area contributed by atoms with Crippen molar-refractivity contribution in [1.29, 1.82) is 0 Å². The molecule has 0 spiro atoms. The second-order valence-corrected chi connectivity index (χ2v) is 19.7. The zero-order valence-electron chi connectivity index (χ0n) is 43.9. The van der Waals surface area contributed by atoms with Gasteiger partial charge in [-0.2, -0.15) is 0 Å². The van der Waals surface area contributed by atoms with Gasteiger partial charge >= 0.3 is 5.97 Å². The Morgan fingerprint density at radius 2 is 1.46 bits per heavy atom. The third-order valence-corrected chi connectivity index (χ3v) is 14.1. The molecule has 2 heterocycles. The summed E-state index contributed by atoms with van der Waals surface area (Å²) in [7, 11) is 6.19. The van der Waals surface area contributed by atoms with Crippen LogP contribution in [0, 0.1) is 23.7 Å². The zero-order chi connectivity index (χ0) is 52.8. The van der Waals surface area contributed by atoms with Crippen molar-refractivity contribution in [3.05, 3.63) is 48.0 Å². The first-order valence-electron chi connectivity index (χ1n) is 24.9. The number of Topliss-reactive ketones (excluding diaryl/α,β-unsaturated/α-hetero) is 1. The van der Waals surface area contributed by atoms with E-state index >= 15 is 0 Å². The van der Waals surface area contributed by atoms with Gasteiger partial charge in [-0.3, -0.25) is 33.7 Å². The highest BCUT2D eigenvalue weighted by Crippen LogP contribution is 2.31. The molecule has 1 fully saturated rings. The number of ketones is 1. The predicted octanol–water partition coefficient (Wildman–Crippen LogP) is 4.10. The molecule has 19 heteroatoms. The van der Waals surface area contributed by atoms with Crippen molar-refractivity contribution in [1.82, 2.24) is 25.3 Å². The number of nitrogens with one attached hydrogen (secondary N) is 2. The third kappa shape index (κ3) is 18.4. The number of carbonyl (C=O) groups excluding carboxylic acids is 7. The maximum atomic E-state index is 14.6. The lowest BCUT2D eigenvalue weighted by atomic mass is 9.82. The summed E-state index contributed by atoms with van der Waals surface area (Å²) in [6.45, 7) is 15.0. The van der Waals surface area contributed by atoms with Crippen LogP contribution in [0.2, 0.25) is 0 Å². The lowest BCUT2D eigenvalue weighted by Gasteiger charge is -2.41. The van der Waals surface area contributed by atoms with Crippen molar-refractivity contribution >= 4 is 58.5 Å². The lowest BCUT2D eigenvalue weighted by molar-refractivity contribution is -0.148. The summed E-state index contributed by atoms with van der Waals surface area (Å²) in [6, 6.07) is 8.05. The Kier molecular flexibility index (Phi) is 26.0. The van der Waals surface area contributed by atoms with Gasteiger partial charge in [0, 0.05) is 71.1 Å². The molecule has 0 aromatic heterocycles. The van der Waals surface area contributed by atoms with E-state index in [1.54, 1.807) is 40.0 Å². The van der Waals surface area contributed by atoms with Gasteiger partial charge in [-0.1, -0.05) is 83.6 Å². The Balaban J connectivity index is 1.56. The fourth-order valence-electron chi connectivity index (χ4n) is 9.11.